The van der Waals surface area contributed by atoms with Crippen molar-refractivity contribution >= 4 is 33.2 Å². The fraction of sp³-hybridized carbons (Fsp3) is 0.391. The van der Waals surface area contributed by atoms with Crippen LogP contribution in [-0.2, 0) is 6.42 Å². The second-order valence-electron chi connectivity index (χ2n) is 7.48. The van der Waals surface area contributed by atoms with Crippen LogP contribution in [0.1, 0.15) is 42.4 Å². The van der Waals surface area contributed by atoms with Crippen molar-refractivity contribution in [3.05, 3.63) is 58.5 Å². The Kier molecular flexibility index (Phi) is 6.57. The molecule has 1 aromatic carbocycles. The van der Waals surface area contributed by atoms with Crippen LogP contribution < -0.4 is 15.0 Å². The first-order valence-electron chi connectivity index (χ1n) is 10.6. The number of halogens is 1. The predicted octanol–water partition coefficient (Wildman–Crippen LogP) is 4.46. The molecule has 3 aromatic rings. The lowest BCUT2D eigenvalue weighted by Gasteiger charge is -2.28. The Labute approximate surface area is 185 Å². The zero-order valence-electron chi connectivity index (χ0n) is 17.2. The van der Waals surface area contributed by atoms with Gasteiger partial charge in [0.1, 0.15) is 23.7 Å². The van der Waals surface area contributed by atoms with Gasteiger partial charge in [-0.05, 0) is 78.0 Å². The number of pyridine rings is 1. The highest BCUT2D eigenvalue weighted by Crippen LogP contribution is 2.23. The lowest BCUT2D eigenvalue weighted by Crippen LogP contribution is -2.30. The first-order chi connectivity index (χ1) is 14.7. The number of nitrogens with zero attached hydrogens (tertiary/aromatic N) is 3. The van der Waals surface area contributed by atoms with E-state index in [2.05, 4.69) is 43.3 Å². The SMILES string of the molecule is CCc1nc2ccc(Br)cn2c1C(=O)NCCOc1ccc(N2CCCCC2)cc1. The molecule has 1 saturated heterocycles. The first kappa shape index (κ1) is 20.7. The number of carbonyl (C=O) groups is 1. The van der Waals surface area contributed by atoms with Gasteiger partial charge >= 0.3 is 0 Å². The van der Waals surface area contributed by atoms with Crippen molar-refractivity contribution in [2.24, 2.45) is 0 Å². The van der Waals surface area contributed by atoms with E-state index in [-0.39, 0.29) is 5.91 Å². The van der Waals surface area contributed by atoms with Crippen molar-refractivity contribution in [2.45, 2.75) is 32.6 Å². The third-order valence-corrected chi connectivity index (χ3v) is 5.89. The number of anilines is 1. The number of aryl methyl sites for hydroxylation is 1. The maximum absolute atomic E-state index is 12.8. The van der Waals surface area contributed by atoms with Crippen molar-refractivity contribution in [3.63, 3.8) is 0 Å². The van der Waals surface area contributed by atoms with Crippen LogP contribution in [0.4, 0.5) is 5.69 Å². The molecule has 0 saturated carbocycles. The van der Waals surface area contributed by atoms with Crippen LogP contribution in [0.2, 0.25) is 0 Å². The van der Waals surface area contributed by atoms with Gasteiger partial charge in [-0.15, -0.1) is 0 Å². The summed E-state index contributed by atoms with van der Waals surface area (Å²) in [5, 5.41) is 2.96. The molecule has 0 aliphatic carbocycles. The molecular formula is C23H27BrN4O2. The van der Waals surface area contributed by atoms with Crippen molar-refractivity contribution < 1.29 is 9.53 Å². The van der Waals surface area contributed by atoms with E-state index in [9.17, 15) is 4.79 Å². The zero-order valence-corrected chi connectivity index (χ0v) is 18.8. The topological polar surface area (TPSA) is 58.9 Å². The Balaban J connectivity index is 1.32. The molecule has 3 heterocycles. The molecule has 30 heavy (non-hydrogen) atoms. The van der Waals surface area contributed by atoms with E-state index < -0.39 is 0 Å². The van der Waals surface area contributed by atoms with Gasteiger partial charge in [0, 0.05) is 29.4 Å². The van der Waals surface area contributed by atoms with Crippen molar-refractivity contribution in [3.8, 4) is 5.75 Å². The second kappa shape index (κ2) is 9.51. The highest BCUT2D eigenvalue weighted by molar-refractivity contribution is 9.10. The minimum atomic E-state index is -0.138. The fourth-order valence-electron chi connectivity index (χ4n) is 3.88. The lowest BCUT2D eigenvalue weighted by atomic mass is 10.1. The van der Waals surface area contributed by atoms with Crippen LogP contribution in [0, 0.1) is 0 Å². The Morgan fingerprint density at radius 2 is 1.90 bits per heavy atom. The molecule has 0 bridgehead atoms. The number of piperidine rings is 1. The summed E-state index contributed by atoms with van der Waals surface area (Å²) in [5.74, 6) is 0.680. The lowest BCUT2D eigenvalue weighted by molar-refractivity contribution is 0.0940. The van der Waals surface area contributed by atoms with Gasteiger partial charge in [0.25, 0.3) is 5.91 Å². The predicted molar refractivity (Wildman–Crippen MR) is 123 cm³/mol. The average molecular weight is 471 g/mol. The van der Waals surface area contributed by atoms with Crippen molar-refractivity contribution in [1.29, 1.82) is 0 Å². The Morgan fingerprint density at radius 3 is 2.63 bits per heavy atom. The number of hydrogen-bond acceptors (Lipinski definition) is 4. The largest absolute Gasteiger partial charge is 0.492 e. The van der Waals surface area contributed by atoms with E-state index in [0.717, 1.165) is 34.7 Å². The van der Waals surface area contributed by atoms with Crippen molar-refractivity contribution in [2.75, 3.05) is 31.1 Å². The minimum Gasteiger partial charge on any atom is -0.492 e. The summed E-state index contributed by atoms with van der Waals surface area (Å²) in [6.45, 7) is 5.11. The molecular weight excluding hydrogens is 444 g/mol. The molecule has 0 spiro atoms. The van der Waals surface area contributed by atoms with Crippen LogP contribution in [-0.4, -0.2) is 41.5 Å². The highest BCUT2D eigenvalue weighted by atomic mass is 79.9. The van der Waals surface area contributed by atoms with E-state index in [1.54, 1.807) is 0 Å². The number of ether oxygens (including phenoxy) is 1. The molecule has 2 aromatic heterocycles. The van der Waals surface area contributed by atoms with Gasteiger partial charge in [0.2, 0.25) is 0 Å². The maximum atomic E-state index is 12.8. The van der Waals surface area contributed by atoms with Gasteiger partial charge < -0.3 is 15.0 Å². The molecule has 1 amide bonds. The Bertz CT molecular complexity index is 1010. The molecule has 158 valence electrons. The molecule has 0 radical (unpaired) electrons. The maximum Gasteiger partial charge on any atom is 0.270 e. The van der Waals surface area contributed by atoms with Crippen LogP contribution in [0.15, 0.2) is 47.1 Å². The van der Waals surface area contributed by atoms with E-state index in [1.165, 1.54) is 24.9 Å². The summed E-state index contributed by atoms with van der Waals surface area (Å²) in [5.41, 5.74) is 3.39. The van der Waals surface area contributed by atoms with Gasteiger partial charge in [0.05, 0.1) is 12.2 Å². The molecule has 6 nitrogen and oxygen atoms in total. The number of aromatic nitrogens is 2. The number of amides is 1. The average Bonchev–Trinajstić information content (AvgIpc) is 3.15. The molecule has 7 heteroatoms. The number of nitrogens with one attached hydrogen (secondary N) is 1. The minimum absolute atomic E-state index is 0.138. The van der Waals surface area contributed by atoms with Gasteiger partial charge in [-0.3, -0.25) is 9.20 Å². The molecule has 0 unspecified atom stereocenters. The smallest absolute Gasteiger partial charge is 0.270 e. The van der Waals surface area contributed by atoms with E-state index in [1.807, 2.05) is 41.8 Å². The van der Waals surface area contributed by atoms with Crippen molar-refractivity contribution in [1.82, 2.24) is 14.7 Å². The van der Waals surface area contributed by atoms with E-state index in [4.69, 9.17) is 4.74 Å². The second-order valence-corrected chi connectivity index (χ2v) is 8.40. The molecule has 1 aliphatic heterocycles. The molecule has 1 aliphatic rings. The summed E-state index contributed by atoms with van der Waals surface area (Å²) in [7, 11) is 0. The van der Waals surface area contributed by atoms with Gasteiger partial charge in [0.15, 0.2) is 0 Å². The molecule has 0 atom stereocenters. The Hall–Kier alpha value is -2.54. The summed E-state index contributed by atoms with van der Waals surface area (Å²) in [6, 6.07) is 12.1. The van der Waals surface area contributed by atoms with Crippen LogP contribution in [0.25, 0.3) is 5.65 Å². The van der Waals surface area contributed by atoms with Crippen LogP contribution in [0.5, 0.6) is 5.75 Å². The molecule has 4 rings (SSSR count). The highest BCUT2D eigenvalue weighted by Gasteiger charge is 2.18. The number of imidazole rings is 1. The molecule has 1 N–H and O–H groups in total. The first-order valence-corrected chi connectivity index (χ1v) is 11.4. The number of fused-ring (bicyclic) bond motifs is 1. The molecule has 1 fully saturated rings. The van der Waals surface area contributed by atoms with Crippen LogP contribution in [0.3, 0.4) is 0 Å². The van der Waals surface area contributed by atoms with Gasteiger partial charge in [-0.1, -0.05) is 6.92 Å². The van der Waals surface area contributed by atoms with E-state index in [0.29, 0.717) is 25.3 Å². The summed E-state index contributed by atoms with van der Waals surface area (Å²) in [6.07, 6.45) is 6.43. The third kappa shape index (κ3) is 4.61. The Morgan fingerprint density at radius 1 is 1.13 bits per heavy atom. The number of rotatable bonds is 7. The number of hydrogen-bond donors (Lipinski definition) is 1. The summed E-state index contributed by atoms with van der Waals surface area (Å²) >= 11 is 3.46. The number of carbonyl (C=O) groups excluding carboxylic acids is 1. The van der Waals surface area contributed by atoms with Gasteiger partial charge in [-0.25, -0.2) is 4.98 Å². The summed E-state index contributed by atoms with van der Waals surface area (Å²) in [4.78, 5) is 19.8. The zero-order chi connectivity index (χ0) is 20.9. The van der Waals surface area contributed by atoms with Crippen LogP contribution >= 0.6 is 15.9 Å². The third-order valence-electron chi connectivity index (χ3n) is 5.42. The van der Waals surface area contributed by atoms with Gasteiger partial charge in [-0.2, -0.15) is 0 Å². The normalized spacial score (nSPS) is 14.1. The fourth-order valence-corrected chi connectivity index (χ4v) is 4.21. The quantitative estimate of drug-likeness (QED) is 0.517. The summed E-state index contributed by atoms with van der Waals surface area (Å²) < 4.78 is 8.55. The monoisotopic (exact) mass is 470 g/mol. The number of benzene rings is 1. The van der Waals surface area contributed by atoms with E-state index >= 15 is 0 Å². The standard InChI is InChI=1S/C23H27BrN4O2/c1-2-20-22(28-16-17(24)6-11-21(28)26-20)23(29)25-12-15-30-19-9-7-18(8-10-19)27-13-4-3-5-14-27/h6-11,16H,2-5,12-15H2,1H3,(H,25,29).